The average molecular weight is 290 g/mol. The second-order valence-corrected chi connectivity index (χ2v) is 6.62. The van der Waals surface area contributed by atoms with Crippen LogP contribution in [-0.2, 0) is 0 Å². The van der Waals surface area contributed by atoms with Crippen LogP contribution in [0.2, 0.25) is 5.02 Å². The summed E-state index contributed by atoms with van der Waals surface area (Å²) in [4.78, 5) is 0. The summed E-state index contributed by atoms with van der Waals surface area (Å²) in [7, 11) is 0. The molecule has 1 fully saturated rings. The highest BCUT2D eigenvalue weighted by molar-refractivity contribution is 6.30. The van der Waals surface area contributed by atoms with Gasteiger partial charge in [0.05, 0.1) is 0 Å². The highest BCUT2D eigenvalue weighted by Crippen LogP contribution is 2.41. The minimum Gasteiger partial charge on any atom is -0.309 e. The van der Waals surface area contributed by atoms with E-state index in [-0.39, 0.29) is 0 Å². The minimum atomic E-state index is 0.524. The van der Waals surface area contributed by atoms with E-state index in [4.69, 9.17) is 11.6 Å². The largest absolute Gasteiger partial charge is 0.309 e. The molecule has 1 aromatic carbocycles. The van der Waals surface area contributed by atoms with Gasteiger partial charge in [-0.25, -0.2) is 0 Å². The van der Waals surface area contributed by atoms with Gasteiger partial charge < -0.3 is 5.32 Å². The molecule has 2 aliphatic carbocycles. The van der Waals surface area contributed by atoms with E-state index in [1.165, 1.54) is 50.5 Å². The summed E-state index contributed by atoms with van der Waals surface area (Å²) in [5.41, 5.74) is 3.06. The van der Waals surface area contributed by atoms with Gasteiger partial charge in [0.2, 0.25) is 0 Å². The standard InChI is InChI=1S/C18H24ClN/c19-17-10-8-16(9-11-17)18(15-6-7-15)20-13-12-14-4-2-1-3-5-14/h4,8-11,15,18,20H,1-3,5-7,12-13H2. The zero-order chi connectivity index (χ0) is 13.8. The lowest BCUT2D eigenvalue weighted by molar-refractivity contribution is 0.480. The third-order valence-corrected chi connectivity index (χ3v) is 4.77. The number of hydrogen-bond acceptors (Lipinski definition) is 1. The second-order valence-electron chi connectivity index (χ2n) is 6.18. The molecule has 0 radical (unpaired) electrons. The number of hydrogen-bond donors (Lipinski definition) is 1. The minimum absolute atomic E-state index is 0.524. The molecule has 0 amide bonds. The van der Waals surface area contributed by atoms with E-state index in [0.717, 1.165) is 17.5 Å². The molecule has 0 bridgehead atoms. The number of nitrogens with one attached hydrogen (secondary N) is 1. The van der Waals surface area contributed by atoms with Gasteiger partial charge in [-0.15, -0.1) is 0 Å². The SMILES string of the molecule is Clc1ccc(C(NCCC2=CCCCC2)C2CC2)cc1. The maximum Gasteiger partial charge on any atom is 0.0406 e. The first-order valence-electron chi connectivity index (χ1n) is 8.00. The molecule has 2 aliphatic rings. The third-order valence-electron chi connectivity index (χ3n) is 4.52. The van der Waals surface area contributed by atoms with Crippen LogP contribution in [0.15, 0.2) is 35.9 Å². The smallest absolute Gasteiger partial charge is 0.0406 e. The number of halogens is 1. The van der Waals surface area contributed by atoms with Gasteiger partial charge in [-0.2, -0.15) is 0 Å². The van der Waals surface area contributed by atoms with Crippen LogP contribution in [0.3, 0.4) is 0 Å². The first-order chi connectivity index (χ1) is 9.83. The predicted octanol–water partition coefficient (Wildman–Crippen LogP) is 5.27. The van der Waals surface area contributed by atoms with Crippen LogP contribution in [0.5, 0.6) is 0 Å². The first kappa shape index (κ1) is 14.2. The van der Waals surface area contributed by atoms with Crippen molar-refractivity contribution in [3.8, 4) is 0 Å². The fourth-order valence-electron chi connectivity index (χ4n) is 3.18. The van der Waals surface area contributed by atoms with Crippen molar-refractivity contribution < 1.29 is 0 Å². The van der Waals surface area contributed by atoms with E-state index >= 15 is 0 Å². The van der Waals surface area contributed by atoms with Crippen molar-refractivity contribution in [2.75, 3.05) is 6.54 Å². The van der Waals surface area contributed by atoms with Crippen LogP contribution < -0.4 is 5.32 Å². The number of allylic oxidation sites excluding steroid dienone is 1. The summed E-state index contributed by atoms with van der Waals surface area (Å²) >= 11 is 5.99. The molecule has 1 saturated carbocycles. The maximum absolute atomic E-state index is 5.99. The lowest BCUT2D eigenvalue weighted by Crippen LogP contribution is -2.24. The zero-order valence-electron chi connectivity index (χ0n) is 12.1. The molecule has 108 valence electrons. The Morgan fingerprint density at radius 2 is 1.95 bits per heavy atom. The van der Waals surface area contributed by atoms with Gasteiger partial charge in [-0.3, -0.25) is 0 Å². The van der Waals surface area contributed by atoms with Gasteiger partial charge in [0.25, 0.3) is 0 Å². The van der Waals surface area contributed by atoms with Crippen LogP contribution in [0.4, 0.5) is 0 Å². The van der Waals surface area contributed by atoms with Crippen LogP contribution in [-0.4, -0.2) is 6.54 Å². The lowest BCUT2D eigenvalue weighted by atomic mass is 9.96. The van der Waals surface area contributed by atoms with E-state index in [1.54, 1.807) is 5.57 Å². The molecule has 1 N–H and O–H groups in total. The van der Waals surface area contributed by atoms with Crippen molar-refractivity contribution in [1.29, 1.82) is 0 Å². The van der Waals surface area contributed by atoms with Crippen LogP contribution in [0.1, 0.15) is 56.6 Å². The van der Waals surface area contributed by atoms with Gasteiger partial charge in [0.15, 0.2) is 0 Å². The number of benzene rings is 1. The molecule has 1 unspecified atom stereocenters. The maximum atomic E-state index is 5.99. The Bertz CT molecular complexity index is 459. The molecule has 2 heteroatoms. The fraction of sp³-hybridized carbons (Fsp3) is 0.556. The van der Waals surface area contributed by atoms with E-state index in [9.17, 15) is 0 Å². The molecule has 1 atom stereocenters. The predicted molar refractivity (Wildman–Crippen MR) is 86.1 cm³/mol. The molecule has 1 nitrogen and oxygen atoms in total. The zero-order valence-corrected chi connectivity index (χ0v) is 12.8. The molecule has 0 aromatic heterocycles. The van der Waals surface area contributed by atoms with E-state index < -0.39 is 0 Å². The normalized spacial score (nSPS) is 20.6. The van der Waals surface area contributed by atoms with Gasteiger partial charge in [-0.05, 0) is 75.1 Å². The average Bonchev–Trinajstić information content (AvgIpc) is 3.31. The molecule has 0 heterocycles. The van der Waals surface area contributed by atoms with Crippen molar-refractivity contribution in [3.05, 3.63) is 46.5 Å². The van der Waals surface area contributed by atoms with E-state index in [1.807, 2.05) is 12.1 Å². The summed E-state index contributed by atoms with van der Waals surface area (Å²) in [6, 6.07) is 8.91. The van der Waals surface area contributed by atoms with Crippen molar-refractivity contribution in [2.24, 2.45) is 5.92 Å². The summed E-state index contributed by atoms with van der Waals surface area (Å²) < 4.78 is 0. The van der Waals surface area contributed by atoms with Crippen LogP contribution >= 0.6 is 11.6 Å². The quantitative estimate of drug-likeness (QED) is 0.703. The lowest BCUT2D eigenvalue weighted by Gasteiger charge is -2.20. The van der Waals surface area contributed by atoms with Crippen LogP contribution in [0, 0.1) is 5.92 Å². The topological polar surface area (TPSA) is 12.0 Å². The fourth-order valence-corrected chi connectivity index (χ4v) is 3.30. The Morgan fingerprint density at radius 1 is 1.15 bits per heavy atom. The van der Waals surface area contributed by atoms with Crippen molar-refractivity contribution in [3.63, 3.8) is 0 Å². The molecule has 3 rings (SSSR count). The molecule has 0 aliphatic heterocycles. The summed E-state index contributed by atoms with van der Waals surface area (Å²) in [6.45, 7) is 1.11. The van der Waals surface area contributed by atoms with E-state index in [0.29, 0.717) is 6.04 Å². The molecule has 0 saturated heterocycles. The Labute approximate surface area is 127 Å². The monoisotopic (exact) mass is 289 g/mol. The highest BCUT2D eigenvalue weighted by atomic mass is 35.5. The van der Waals surface area contributed by atoms with Crippen molar-refractivity contribution in [1.82, 2.24) is 5.32 Å². The molecular weight excluding hydrogens is 266 g/mol. The molecule has 1 aromatic rings. The van der Waals surface area contributed by atoms with Gasteiger partial charge in [0.1, 0.15) is 0 Å². The number of rotatable bonds is 6. The Hall–Kier alpha value is -0.790. The van der Waals surface area contributed by atoms with Gasteiger partial charge in [-0.1, -0.05) is 35.4 Å². The first-order valence-corrected chi connectivity index (χ1v) is 8.37. The van der Waals surface area contributed by atoms with Gasteiger partial charge in [0, 0.05) is 11.1 Å². The summed E-state index contributed by atoms with van der Waals surface area (Å²) in [6.07, 6.45) is 11.8. The van der Waals surface area contributed by atoms with E-state index in [2.05, 4.69) is 23.5 Å². The molecule has 0 spiro atoms. The highest BCUT2D eigenvalue weighted by Gasteiger charge is 2.31. The van der Waals surface area contributed by atoms with Crippen molar-refractivity contribution >= 4 is 11.6 Å². The van der Waals surface area contributed by atoms with Crippen molar-refractivity contribution in [2.45, 2.75) is 51.0 Å². The Kier molecular flexibility index (Phi) is 4.80. The molecular formula is C18H24ClN. The molecule has 20 heavy (non-hydrogen) atoms. The van der Waals surface area contributed by atoms with Crippen LogP contribution in [0.25, 0.3) is 0 Å². The third kappa shape index (κ3) is 3.86. The summed E-state index contributed by atoms with van der Waals surface area (Å²) in [5.74, 6) is 0.830. The Morgan fingerprint density at radius 3 is 2.60 bits per heavy atom. The second kappa shape index (κ2) is 6.78. The Balaban J connectivity index is 1.55. The van der Waals surface area contributed by atoms with Gasteiger partial charge >= 0.3 is 0 Å². The summed E-state index contributed by atoms with van der Waals surface area (Å²) in [5, 5.41) is 4.61.